The van der Waals surface area contributed by atoms with Crippen LogP contribution in [0.2, 0.25) is 0 Å². The van der Waals surface area contributed by atoms with Crippen LogP contribution in [0.4, 0.5) is 13.6 Å². The molecule has 1 saturated heterocycles. The van der Waals surface area contributed by atoms with Gasteiger partial charge >= 0.3 is 18.7 Å². The lowest BCUT2D eigenvalue weighted by molar-refractivity contribution is -0.142. The topological polar surface area (TPSA) is 85.3 Å². The van der Waals surface area contributed by atoms with Gasteiger partial charge in [0.2, 0.25) is 0 Å². The summed E-state index contributed by atoms with van der Waals surface area (Å²) in [6.45, 7) is 2.70. The van der Waals surface area contributed by atoms with E-state index in [-0.39, 0.29) is 30.4 Å². The van der Waals surface area contributed by atoms with Crippen LogP contribution in [0.1, 0.15) is 51.5 Å². The maximum atomic E-state index is 12.7. The van der Waals surface area contributed by atoms with Gasteiger partial charge in [0, 0.05) is 12.5 Å². The van der Waals surface area contributed by atoms with Crippen molar-refractivity contribution < 1.29 is 37.7 Å². The minimum Gasteiger partial charge on any atom is -0.489 e. The number of benzene rings is 1. The van der Waals surface area contributed by atoms with E-state index in [9.17, 15) is 23.5 Å². The summed E-state index contributed by atoms with van der Waals surface area (Å²) in [5.41, 5.74) is -0.0595. The molecule has 9 heteroatoms. The second kappa shape index (κ2) is 8.65. The molecule has 3 rings (SSSR count). The van der Waals surface area contributed by atoms with Crippen molar-refractivity contribution in [3.8, 4) is 11.5 Å². The number of hydrogen-bond donors (Lipinski definition) is 1. The molecule has 0 spiro atoms. The molecule has 7 nitrogen and oxygen atoms in total. The van der Waals surface area contributed by atoms with Crippen molar-refractivity contribution in [2.24, 2.45) is 5.92 Å². The van der Waals surface area contributed by atoms with E-state index in [1.54, 1.807) is 32.9 Å². The van der Waals surface area contributed by atoms with Crippen molar-refractivity contribution >= 4 is 12.1 Å². The third kappa shape index (κ3) is 5.73. The Kier molecular flexibility index (Phi) is 6.38. The highest BCUT2D eigenvalue weighted by molar-refractivity contribution is 5.81. The highest BCUT2D eigenvalue weighted by atomic mass is 19.3. The number of hydrogen-bond acceptors (Lipinski definition) is 5. The summed E-state index contributed by atoms with van der Waals surface area (Å²) in [4.78, 5) is 25.4. The summed E-state index contributed by atoms with van der Waals surface area (Å²) in [5, 5.41) is 9.57. The standard InChI is InChI=1S/C21H27F2NO6/c1-21(2,3)30-20(27)24-10-14(8-15(24)18(25)26)13-6-7-16(29-19(22)23)17(9-13)28-11-12-4-5-12/h6-7,9,12,14-15,19H,4-5,8,10-11H2,1-3H3,(H,25,26)/t14?,15-/m1/s1. The molecule has 1 saturated carbocycles. The zero-order valence-electron chi connectivity index (χ0n) is 17.3. The summed E-state index contributed by atoms with van der Waals surface area (Å²) in [7, 11) is 0. The zero-order chi connectivity index (χ0) is 22.1. The molecule has 2 atom stereocenters. The van der Waals surface area contributed by atoms with Crippen LogP contribution in [0.15, 0.2) is 18.2 Å². The Hall–Kier alpha value is -2.58. The monoisotopic (exact) mass is 427 g/mol. The van der Waals surface area contributed by atoms with Gasteiger partial charge in [-0.2, -0.15) is 8.78 Å². The Morgan fingerprint density at radius 3 is 2.50 bits per heavy atom. The van der Waals surface area contributed by atoms with Crippen LogP contribution in [-0.2, 0) is 9.53 Å². The van der Waals surface area contributed by atoms with Gasteiger partial charge in [0.15, 0.2) is 11.5 Å². The average molecular weight is 427 g/mol. The number of carboxylic acid groups (broad SMARTS) is 1. The number of carbonyl (C=O) groups excluding carboxylic acids is 1. The van der Waals surface area contributed by atoms with Gasteiger partial charge in [-0.15, -0.1) is 0 Å². The summed E-state index contributed by atoms with van der Waals surface area (Å²) in [6.07, 6.45) is 1.57. The largest absolute Gasteiger partial charge is 0.489 e. The van der Waals surface area contributed by atoms with Gasteiger partial charge in [-0.1, -0.05) is 6.07 Å². The Morgan fingerprint density at radius 2 is 1.93 bits per heavy atom. The van der Waals surface area contributed by atoms with Gasteiger partial charge in [0.25, 0.3) is 0 Å². The first-order valence-electron chi connectivity index (χ1n) is 9.97. The molecule has 0 bridgehead atoms. The van der Waals surface area contributed by atoms with Gasteiger partial charge in [-0.3, -0.25) is 4.90 Å². The fraction of sp³-hybridized carbons (Fsp3) is 0.619. The molecule has 2 fully saturated rings. The molecule has 1 heterocycles. The highest BCUT2D eigenvalue weighted by Gasteiger charge is 2.42. The molecule has 166 valence electrons. The smallest absolute Gasteiger partial charge is 0.411 e. The number of carbonyl (C=O) groups is 2. The number of alkyl halides is 2. The normalized spacial score (nSPS) is 21.6. The molecule has 1 aliphatic carbocycles. The number of rotatable bonds is 7. The van der Waals surface area contributed by atoms with Crippen molar-refractivity contribution in [3.63, 3.8) is 0 Å². The molecular formula is C21H27F2NO6. The Morgan fingerprint density at radius 1 is 1.23 bits per heavy atom. The Bertz CT molecular complexity index is 790. The minimum atomic E-state index is -2.98. The first-order chi connectivity index (χ1) is 14.0. The van der Waals surface area contributed by atoms with Crippen LogP contribution in [0, 0.1) is 5.92 Å². The van der Waals surface area contributed by atoms with E-state index >= 15 is 0 Å². The molecule has 1 aromatic rings. The van der Waals surface area contributed by atoms with Crippen molar-refractivity contribution in [2.75, 3.05) is 13.2 Å². The predicted molar refractivity (Wildman–Crippen MR) is 103 cm³/mol. The fourth-order valence-corrected chi connectivity index (χ4v) is 3.41. The van der Waals surface area contributed by atoms with E-state index in [1.165, 1.54) is 11.0 Å². The molecule has 2 aliphatic rings. The fourth-order valence-electron chi connectivity index (χ4n) is 3.41. The SMILES string of the molecule is CC(C)(C)OC(=O)N1CC(c2ccc(OC(F)F)c(OCC3CC3)c2)C[C@@H]1C(=O)O. The van der Waals surface area contributed by atoms with Gasteiger partial charge in [-0.25, -0.2) is 9.59 Å². The molecule has 1 N–H and O–H groups in total. The molecule has 1 aliphatic heterocycles. The van der Waals surface area contributed by atoms with E-state index in [4.69, 9.17) is 9.47 Å². The maximum Gasteiger partial charge on any atom is 0.411 e. The number of likely N-dealkylation sites (tertiary alicyclic amines) is 1. The lowest BCUT2D eigenvalue weighted by Gasteiger charge is -2.26. The number of ether oxygens (including phenoxy) is 3. The minimum absolute atomic E-state index is 0.0637. The number of halogens is 2. The van der Waals surface area contributed by atoms with Crippen molar-refractivity contribution in [1.82, 2.24) is 4.90 Å². The van der Waals surface area contributed by atoms with Crippen molar-refractivity contribution in [1.29, 1.82) is 0 Å². The van der Waals surface area contributed by atoms with Crippen LogP contribution in [-0.4, -0.2) is 53.5 Å². The molecular weight excluding hydrogens is 400 g/mol. The average Bonchev–Trinajstić information content (AvgIpc) is 3.34. The quantitative estimate of drug-likeness (QED) is 0.700. The summed E-state index contributed by atoms with van der Waals surface area (Å²) in [5.74, 6) is -0.874. The van der Waals surface area contributed by atoms with E-state index in [0.29, 0.717) is 18.1 Å². The van der Waals surface area contributed by atoms with E-state index in [2.05, 4.69) is 4.74 Å². The first-order valence-corrected chi connectivity index (χ1v) is 9.97. The molecule has 1 aromatic carbocycles. The summed E-state index contributed by atoms with van der Waals surface area (Å²) in [6, 6.07) is 3.57. The molecule has 1 unspecified atom stereocenters. The lowest BCUT2D eigenvalue weighted by Crippen LogP contribution is -2.43. The Labute approximate surface area is 173 Å². The number of carboxylic acids is 1. The molecule has 30 heavy (non-hydrogen) atoms. The van der Waals surface area contributed by atoms with Crippen LogP contribution in [0.25, 0.3) is 0 Å². The first kappa shape index (κ1) is 22.1. The summed E-state index contributed by atoms with van der Waals surface area (Å²) >= 11 is 0. The molecule has 0 radical (unpaired) electrons. The van der Waals surface area contributed by atoms with Gasteiger partial charge in [0.05, 0.1) is 6.61 Å². The maximum absolute atomic E-state index is 12.7. The third-order valence-corrected chi connectivity index (χ3v) is 5.04. The number of aliphatic carboxylic acids is 1. The second-order valence-electron chi connectivity index (χ2n) is 8.76. The Balaban J connectivity index is 1.80. The van der Waals surface area contributed by atoms with Crippen LogP contribution in [0.3, 0.4) is 0 Å². The molecule has 0 aromatic heterocycles. The predicted octanol–water partition coefficient (Wildman–Crippen LogP) is 4.25. The van der Waals surface area contributed by atoms with Gasteiger partial charge < -0.3 is 19.3 Å². The third-order valence-electron chi connectivity index (χ3n) is 5.04. The van der Waals surface area contributed by atoms with E-state index in [0.717, 1.165) is 12.8 Å². The van der Waals surface area contributed by atoms with Crippen LogP contribution >= 0.6 is 0 Å². The van der Waals surface area contributed by atoms with Gasteiger partial charge in [-0.05, 0) is 63.6 Å². The highest BCUT2D eigenvalue weighted by Crippen LogP contribution is 2.39. The van der Waals surface area contributed by atoms with Crippen molar-refractivity contribution in [3.05, 3.63) is 23.8 Å². The van der Waals surface area contributed by atoms with E-state index < -0.39 is 30.3 Å². The lowest BCUT2D eigenvalue weighted by atomic mass is 9.96. The molecule has 1 amide bonds. The zero-order valence-corrected chi connectivity index (χ0v) is 17.3. The number of nitrogens with zero attached hydrogens (tertiary/aromatic N) is 1. The van der Waals surface area contributed by atoms with Crippen LogP contribution in [0.5, 0.6) is 11.5 Å². The van der Waals surface area contributed by atoms with Crippen molar-refractivity contribution in [2.45, 2.75) is 64.2 Å². The van der Waals surface area contributed by atoms with E-state index in [1.807, 2.05) is 0 Å². The van der Waals surface area contributed by atoms with Crippen LogP contribution < -0.4 is 9.47 Å². The second-order valence-corrected chi connectivity index (χ2v) is 8.76. The van der Waals surface area contributed by atoms with Gasteiger partial charge in [0.1, 0.15) is 11.6 Å². The number of amides is 1. The summed E-state index contributed by atoms with van der Waals surface area (Å²) < 4.78 is 41.0.